The molecule has 0 heterocycles. The molecule has 4 nitrogen and oxygen atoms in total. The number of carbonyl (C=O) groups is 1. The van der Waals surface area contributed by atoms with Gasteiger partial charge in [0.15, 0.2) is 6.29 Å². The summed E-state index contributed by atoms with van der Waals surface area (Å²) in [5.41, 5.74) is 1.16. The van der Waals surface area contributed by atoms with Crippen LogP contribution < -0.4 is 0 Å². The molecule has 5 aliphatic rings. The third-order valence-electron chi connectivity index (χ3n) is 12.0. The number of hydrogen-bond acceptors (Lipinski definition) is 4. The Morgan fingerprint density at radius 2 is 1.81 bits per heavy atom. The lowest BCUT2D eigenvalue weighted by atomic mass is 9.44. The second kappa shape index (κ2) is 7.97. The molecule has 1 N–H and O–H groups in total. The Hall–Kier alpha value is -0.610. The van der Waals surface area contributed by atoms with Crippen molar-refractivity contribution in [1.29, 1.82) is 0 Å². The van der Waals surface area contributed by atoms with E-state index >= 15 is 0 Å². The van der Waals surface area contributed by atoms with E-state index < -0.39 is 6.29 Å². The summed E-state index contributed by atoms with van der Waals surface area (Å²) in [4.78, 5) is 12.7. The third kappa shape index (κ3) is 3.17. The van der Waals surface area contributed by atoms with Crippen molar-refractivity contribution in [3.8, 4) is 0 Å². The normalized spacial score (nSPS) is 52.6. The maximum Gasteiger partial charge on any atom is 0.308 e. The fourth-order valence-corrected chi connectivity index (χ4v) is 10.5. The van der Waals surface area contributed by atoms with Gasteiger partial charge in [-0.15, -0.1) is 0 Å². The standard InChI is InChI=1S/C28H46O4/c1-6-31-18(3)32-25(30)16-24-17(2)28(24)14-11-23-21-8-7-19-15-20(29)9-12-26(19,4)22(21)10-13-27(23,28)5/h17-24,29H,6-16H2,1-5H3. The molecule has 1 spiro atoms. The maximum atomic E-state index is 12.7. The highest BCUT2D eigenvalue weighted by Gasteiger charge is 2.76. The van der Waals surface area contributed by atoms with Crippen LogP contribution >= 0.6 is 0 Å². The molecule has 5 fully saturated rings. The number of carbonyl (C=O) groups excluding carboxylic acids is 1. The third-order valence-corrected chi connectivity index (χ3v) is 12.0. The van der Waals surface area contributed by atoms with Crippen LogP contribution in [-0.2, 0) is 14.3 Å². The zero-order chi connectivity index (χ0) is 22.9. The topological polar surface area (TPSA) is 55.8 Å². The second-order valence-electron chi connectivity index (χ2n) is 12.7. The predicted molar refractivity (Wildman–Crippen MR) is 125 cm³/mol. The molecule has 0 aromatic heterocycles. The van der Waals surface area contributed by atoms with Gasteiger partial charge >= 0.3 is 5.97 Å². The van der Waals surface area contributed by atoms with Crippen LogP contribution in [0.4, 0.5) is 0 Å². The van der Waals surface area contributed by atoms with Gasteiger partial charge in [0.25, 0.3) is 0 Å². The van der Waals surface area contributed by atoms with Crippen molar-refractivity contribution in [2.75, 3.05) is 6.61 Å². The monoisotopic (exact) mass is 446 g/mol. The van der Waals surface area contributed by atoms with E-state index in [4.69, 9.17) is 9.47 Å². The van der Waals surface area contributed by atoms with Gasteiger partial charge in [-0.1, -0.05) is 20.8 Å². The first-order valence-corrected chi connectivity index (χ1v) is 13.7. The van der Waals surface area contributed by atoms with Crippen LogP contribution in [0.5, 0.6) is 0 Å². The minimum Gasteiger partial charge on any atom is -0.436 e. The van der Waals surface area contributed by atoms with Crippen LogP contribution in [0.2, 0.25) is 0 Å². The van der Waals surface area contributed by atoms with Gasteiger partial charge in [0.05, 0.1) is 6.10 Å². The molecule has 182 valence electrons. The molecule has 5 rings (SSSR count). The minimum absolute atomic E-state index is 0.0634. The van der Waals surface area contributed by atoms with Crippen LogP contribution in [0.25, 0.3) is 0 Å². The number of esters is 1. The molecule has 0 saturated heterocycles. The SMILES string of the molecule is CCOC(C)OC(=O)CC1C(C)C12CCC1C3CCC4CC(O)CCC4(C)C3CCC12C. The molecule has 0 amide bonds. The Labute approximate surface area is 195 Å². The quantitative estimate of drug-likeness (QED) is 0.418. The van der Waals surface area contributed by atoms with Gasteiger partial charge in [0.2, 0.25) is 0 Å². The Bertz CT molecular complexity index is 737. The van der Waals surface area contributed by atoms with Crippen LogP contribution in [0.15, 0.2) is 0 Å². The zero-order valence-corrected chi connectivity index (χ0v) is 21.1. The number of ether oxygens (including phenoxy) is 2. The van der Waals surface area contributed by atoms with E-state index in [0.717, 1.165) is 36.5 Å². The van der Waals surface area contributed by atoms with Crippen molar-refractivity contribution >= 4 is 5.97 Å². The fraction of sp³-hybridized carbons (Fsp3) is 0.964. The van der Waals surface area contributed by atoms with Gasteiger partial charge < -0.3 is 14.6 Å². The lowest BCUT2D eigenvalue weighted by molar-refractivity contribution is -0.174. The average Bonchev–Trinajstić information content (AvgIpc) is 3.15. The van der Waals surface area contributed by atoms with Crippen LogP contribution in [-0.4, -0.2) is 30.1 Å². The Morgan fingerprint density at radius 1 is 1.06 bits per heavy atom. The van der Waals surface area contributed by atoms with E-state index in [1.54, 1.807) is 0 Å². The molecular weight excluding hydrogens is 400 g/mol. The molecule has 0 bridgehead atoms. The molecule has 4 heteroatoms. The van der Waals surface area contributed by atoms with E-state index in [9.17, 15) is 9.90 Å². The van der Waals surface area contributed by atoms with Crippen molar-refractivity contribution in [3.05, 3.63) is 0 Å². The Balaban J connectivity index is 1.31. The van der Waals surface area contributed by atoms with Crippen LogP contribution in [0, 0.1) is 51.8 Å². The molecular formula is C28H46O4. The number of rotatable bonds is 5. The summed E-state index contributed by atoms with van der Waals surface area (Å²) in [6.07, 6.45) is 11.3. The van der Waals surface area contributed by atoms with Crippen molar-refractivity contribution in [2.24, 2.45) is 51.8 Å². The zero-order valence-electron chi connectivity index (χ0n) is 21.1. The Kier molecular flexibility index (Phi) is 5.76. The van der Waals surface area contributed by atoms with Gasteiger partial charge in [-0.25, -0.2) is 0 Å². The highest BCUT2D eigenvalue weighted by molar-refractivity contribution is 5.70. The van der Waals surface area contributed by atoms with Gasteiger partial charge in [-0.05, 0) is 123 Å². The van der Waals surface area contributed by atoms with Gasteiger partial charge in [-0.2, -0.15) is 0 Å². The van der Waals surface area contributed by atoms with E-state index in [0.29, 0.717) is 41.1 Å². The predicted octanol–water partition coefficient (Wildman–Crippen LogP) is 5.96. The second-order valence-corrected chi connectivity index (χ2v) is 12.7. The summed E-state index contributed by atoms with van der Waals surface area (Å²) in [6, 6.07) is 0. The summed E-state index contributed by atoms with van der Waals surface area (Å²) in [7, 11) is 0. The molecule has 32 heavy (non-hydrogen) atoms. The highest BCUT2D eigenvalue weighted by Crippen LogP contribution is 2.82. The molecule has 0 aromatic carbocycles. The summed E-state index contributed by atoms with van der Waals surface area (Å²) >= 11 is 0. The van der Waals surface area contributed by atoms with Crippen molar-refractivity contribution in [3.63, 3.8) is 0 Å². The molecule has 0 radical (unpaired) electrons. The molecule has 0 aliphatic heterocycles. The van der Waals surface area contributed by atoms with E-state index in [-0.39, 0.29) is 12.1 Å². The van der Waals surface area contributed by atoms with Crippen LogP contribution in [0.3, 0.4) is 0 Å². The number of aliphatic hydroxyl groups excluding tert-OH is 1. The van der Waals surface area contributed by atoms with Gasteiger partial charge in [-0.3, -0.25) is 4.79 Å². The van der Waals surface area contributed by atoms with Crippen molar-refractivity contribution < 1.29 is 19.4 Å². The molecule has 11 atom stereocenters. The first kappa shape index (κ1) is 23.1. The molecule has 11 unspecified atom stereocenters. The fourth-order valence-electron chi connectivity index (χ4n) is 10.5. The maximum absolute atomic E-state index is 12.7. The smallest absolute Gasteiger partial charge is 0.308 e. The average molecular weight is 447 g/mol. The number of fused-ring (bicyclic) bond motifs is 6. The first-order chi connectivity index (χ1) is 15.2. The molecule has 5 aliphatic carbocycles. The lowest BCUT2D eigenvalue weighted by Gasteiger charge is -2.61. The van der Waals surface area contributed by atoms with E-state index in [1.165, 1.54) is 44.9 Å². The molecule has 0 aromatic rings. The van der Waals surface area contributed by atoms with Gasteiger partial charge in [0, 0.05) is 13.0 Å². The van der Waals surface area contributed by atoms with Gasteiger partial charge in [0.1, 0.15) is 0 Å². The highest BCUT2D eigenvalue weighted by atomic mass is 16.7. The minimum atomic E-state index is -0.440. The van der Waals surface area contributed by atoms with Crippen molar-refractivity contribution in [1.82, 2.24) is 0 Å². The summed E-state index contributed by atoms with van der Waals surface area (Å²) < 4.78 is 11.0. The van der Waals surface area contributed by atoms with E-state index in [2.05, 4.69) is 20.8 Å². The van der Waals surface area contributed by atoms with Crippen LogP contribution in [0.1, 0.15) is 98.8 Å². The summed E-state index contributed by atoms with van der Waals surface area (Å²) in [6.45, 7) is 11.9. The largest absolute Gasteiger partial charge is 0.436 e. The molecule has 5 saturated carbocycles. The van der Waals surface area contributed by atoms with E-state index in [1.807, 2.05) is 13.8 Å². The summed E-state index contributed by atoms with van der Waals surface area (Å²) in [5.74, 6) is 4.26. The number of aliphatic hydroxyl groups is 1. The van der Waals surface area contributed by atoms with Crippen molar-refractivity contribution in [2.45, 2.75) is 111 Å². The Morgan fingerprint density at radius 3 is 2.56 bits per heavy atom. The summed E-state index contributed by atoms with van der Waals surface area (Å²) in [5, 5.41) is 10.3. The lowest BCUT2D eigenvalue weighted by Crippen LogP contribution is -2.54. The first-order valence-electron chi connectivity index (χ1n) is 13.7. The number of hydrogen-bond donors (Lipinski definition) is 1.